The number of nitrogens with one attached hydrogen (secondary N) is 1. The predicted octanol–water partition coefficient (Wildman–Crippen LogP) is 6.83. The van der Waals surface area contributed by atoms with Gasteiger partial charge in [0.1, 0.15) is 12.4 Å². The summed E-state index contributed by atoms with van der Waals surface area (Å²) >= 11 is 15.9. The zero-order chi connectivity index (χ0) is 22.5. The Morgan fingerprint density at radius 1 is 1.00 bits per heavy atom. The average molecular weight is 531 g/mol. The third kappa shape index (κ3) is 5.51. The van der Waals surface area contributed by atoms with Crippen LogP contribution < -0.4 is 10.1 Å². The Bertz CT molecular complexity index is 1220. The van der Waals surface area contributed by atoms with Crippen LogP contribution in [0.4, 0.5) is 5.69 Å². The lowest BCUT2D eigenvalue weighted by molar-refractivity contribution is 0.102. The molecule has 1 N–H and O–H groups in total. The van der Waals surface area contributed by atoms with Crippen LogP contribution in [-0.2, 0) is 13.2 Å². The van der Waals surface area contributed by atoms with E-state index in [4.69, 9.17) is 27.9 Å². The number of nitrogens with zero attached hydrogens (tertiary/aromatic N) is 2. The molecule has 0 saturated carbocycles. The molecule has 0 bridgehead atoms. The van der Waals surface area contributed by atoms with Crippen molar-refractivity contribution in [1.29, 1.82) is 0 Å². The highest BCUT2D eigenvalue weighted by atomic mass is 79.9. The number of aromatic nitrogens is 2. The minimum atomic E-state index is -0.224. The van der Waals surface area contributed by atoms with E-state index in [9.17, 15) is 4.79 Å². The minimum absolute atomic E-state index is 0.224. The average Bonchev–Trinajstić information content (AvgIpc) is 3.23. The molecule has 0 aliphatic carbocycles. The van der Waals surface area contributed by atoms with Crippen molar-refractivity contribution in [3.63, 3.8) is 0 Å². The Labute approximate surface area is 204 Å². The van der Waals surface area contributed by atoms with E-state index in [1.165, 1.54) is 0 Å². The molecule has 5 nitrogen and oxygen atoms in total. The molecule has 1 aromatic heterocycles. The van der Waals surface area contributed by atoms with Crippen LogP contribution in [-0.4, -0.2) is 15.7 Å². The molecule has 0 fully saturated rings. The highest BCUT2D eigenvalue weighted by Crippen LogP contribution is 2.26. The molecule has 0 saturated heterocycles. The van der Waals surface area contributed by atoms with Crippen molar-refractivity contribution in [3.8, 4) is 5.75 Å². The number of amides is 1. The number of benzene rings is 3. The van der Waals surface area contributed by atoms with Crippen LogP contribution in [0.15, 0.2) is 83.6 Å². The number of hydrogen-bond acceptors (Lipinski definition) is 3. The van der Waals surface area contributed by atoms with Gasteiger partial charge in [0, 0.05) is 27.4 Å². The molecule has 0 atom stereocenters. The van der Waals surface area contributed by atoms with Crippen LogP contribution in [0.1, 0.15) is 21.5 Å². The first-order valence-corrected chi connectivity index (χ1v) is 11.3. The largest absolute Gasteiger partial charge is 0.488 e. The number of halogens is 3. The summed E-state index contributed by atoms with van der Waals surface area (Å²) in [6.07, 6.45) is 3.32. The fourth-order valence-electron chi connectivity index (χ4n) is 3.04. The Hall–Kier alpha value is -2.80. The standard InChI is InChI=1S/C24H18BrCl2N3O2/c25-20-4-1-2-7-23(20)32-15-16-8-10-17(11-9-16)24(31)29-18-12-28-30(13-18)14-19-21(26)5-3-6-22(19)27/h1-13H,14-15H2,(H,29,31). The van der Waals surface area contributed by atoms with Gasteiger partial charge in [-0.15, -0.1) is 0 Å². The smallest absolute Gasteiger partial charge is 0.255 e. The SMILES string of the molecule is O=C(Nc1cnn(Cc2c(Cl)cccc2Cl)c1)c1ccc(COc2ccccc2Br)cc1. The predicted molar refractivity (Wildman–Crippen MR) is 131 cm³/mol. The molecular weight excluding hydrogens is 513 g/mol. The second-order valence-electron chi connectivity index (χ2n) is 7.00. The second kappa shape index (κ2) is 10.2. The zero-order valence-corrected chi connectivity index (χ0v) is 19.9. The highest BCUT2D eigenvalue weighted by molar-refractivity contribution is 9.10. The van der Waals surface area contributed by atoms with Crippen molar-refractivity contribution in [2.24, 2.45) is 0 Å². The van der Waals surface area contributed by atoms with E-state index in [1.807, 2.05) is 36.4 Å². The Morgan fingerprint density at radius 2 is 1.72 bits per heavy atom. The van der Waals surface area contributed by atoms with Gasteiger partial charge in [0.05, 0.1) is 22.9 Å². The number of para-hydroxylation sites is 1. The number of ether oxygens (including phenoxy) is 1. The molecule has 1 amide bonds. The lowest BCUT2D eigenvalue weighted by atomic mass is 10.1. The number of anilines is 1. The maximum Gasteiger partial charge on any atom is 0.255 e. The molecule has 3 aromatic carbocycles. The molecule has 32 heavy (non-hydrogen) atoms. The number of hydrogen-bond donors (Lipinski definition) is 1. The summed E-state index contributed by atoms with van der Waals surface area (Å²) in [6, 6.07) is 20.3. The van der Waals surface area contributed by atoms with Crippen LogP contribution in [0.5, 0.6) is 5.75 Å². The van der Waals surface area contributed by atoms with Gasteiger partial charge < -0.3 is 10.1 Å². The van der Waals surface area contributed by atoms with E-state index in [2.05, 4.69) is 26.3 Å². The van der Waals surface area contributed by atoms with Crippen LogP contribution in [0.3, 0.4) is 0 Å². The van der Waals surface area contributed by atoms with Gasteiger partial charge in [0.15, 0.2) is 0 Å². The van der Waals surface area contributed by atoms with Crippen LogP contribution in [0.25, 0.3) is 0 Å². The first-order chi connectivity index (χ1) is 15.5. The molecule has 0 unspecified atom stereocenters. The summed E-state index contributed by atoms with van der Waals surface area (Å²) in [5.74, 6) is 0.544. The quantitative estimate of drug-likeness (QED) is 0.285. The Kier molecular flexibility index (Phi) is 7.15. The summed E-state index contributed by atoms with van der Waals surface area (Å²) in [4.78, 5) is 12.6. The van der Waals surface area contributed by atoms with Gasteiger partial charge in [-0.3, -0.25) is 9.48 Å². The molecule has 0 aliphatic rings. The van der Waals surface area contributed by atoms with Gasteiger partial charge in [0.2, 0.25) is 0 Å². The molecule has 162 valence electrons. The normalized spacial score (nSPS) is 10.7. The Morgan fingerprint density at radius 3 is 2.44 bits per heavy atom. The summed E-state index contributed by atoms with van der Waals surface area (Å²) in [6.45, 7) is 0.808. The van der Waals surface area contributed by atoms with Crippen molar-refractivity contribution < 1.29 is 9.53 Å². The van der Waals surface area contributed by atoms with E-state index >= 15 is 0 Å². The van der Waals surface area contributed by atoms with Crippen molar-refractivity contribution in [2.45, 2.75) is 13.2 Å². The lowest BCUT2D eigenvalue weighted by Gasteiger charge is -2.09. The Balaban J connectivity index is 1.35. The van der Waals surface area contributed by atoms with Gasteiger partial charge >= 0.3 is 0 Å². The lowest BCUT2D eigenvalue weighted by Crippen LogP contribution is -2.11. The molecule has 8 heteroatoms. The minimum Gasteiger partial charge on any atom is -0.488 e. The number of carbonyl (C=O) groups is 1. The van der Waals surface area contributed by atoms with Gasteiger partial charge in [-0.05, 0) is 57.9 Å². The van der Waals surface area contributed by atoms with E-state index in [-0.39, 0.29) is 5.91 Å². The maximum atomic E-state index is 12.6. The van der Waals surface area contributed by atoms with Gasteiger partial charge in [0.25, 0.3) is 5.91 Å². The van der Waals surface area contributed by atoms with E-state index in [1.54, 1.807) is 47.4 Å². The number of rotatable bonds is 7. The first-order valence-electron chi connectivity index (χ1n) is 9.72. The third-order valence-corrected chi connectivity index (χ3v) is 6.08. The molecule has 0 aliphatic heterocycles. The third-order valence-electron chi connectivity index (χ3n) is 4.72. The molecule has 0 radical (unpaired) electrons. The second-order valence-corrected chi connectivity index (χ2v) is 8.67. The van der Waals surface area contributed by atoms with Crippen LogP contribution >= 0.6 is 39.1 Å². The fraction of sp³-hybridized carbons (Fsp3) is 0.0833. The van der Waals surface area contributed by atoms with Crippen molar-refractivity contribution in [3.05, 3.63) is 110 Å². The van der Waals surface area contributed by atoms with Crippen molar-refractivity contribution in [2.75, 3.05) is 5.32 Å². The first kappa shape index (κ1) is 22.4. The molecule has 0 spiro atoms. The molecule has 1 heterocycles. The van der Waals surface area contributed by atoms with Crippen LogP contribution in [0, 0.1) is 0 Å². The van der Waals surface area contributed by atoms with Gasteiger partial charge in [-0.25, -0.2) is 0 Å². The van der Waals surface area contributed by atoms with Crippen molar-refractivity contribution in [1.82, 2.24) is 9.78 Å². The molecule has 4 rings (SSSR count). The van der Waals surface area contributed by atoms with Crippen molar-refractivity contribution >= 4 is 50.7 Å². The summed E-state index contributed by atoms with van der Waals surface area (Å²) in [5, 5.41) is 8.27. The van der Waals surface area contributed by atoms with E-state index < -0.39 is 0 Å². The fourth-order valence-corrected chi connectivity index (χ4v) is 3.95. The summed E-state index contributed by atoms with van der Waals surface area (Å²) in [7, 11) is 0. The monoisotopic (exact) mass is 529 g/mol. The molecule has 4 aromatic rings. The number of carbonyl (C=O) groups excluding carboxylic acids is 1. The van der Waals surface area contributed by atoms with E-state index in [0.29, 0.717) is 34.4 Å². The summed E-state index contributed by atoms with van der Waals surface area (Å²) in [5.41, 5.74) is 2.86. The van der Waals surface area contributed by atoms with E-state index in [0.717, 1.165) is 21.3 Å². The maximum absolute atomic E-state index is 12.6. The van der Waals surface area contributed by atoms with Gasteiger partial charge in [-0.1, -0.05) is 53.5 Å². The molecular formula is C24H18BrCl2N3O2. The highest BCUT2D eigenvalue weighted by Gasteiger charge is 2.10. The topological polar surface area (TPSA) is 56.2 Å². The zero-order valence-electron chi connectivity index (χ0n) is 16.8. The van der Waals surface area contributed by atoms with Gasteiger partial charge in [-0.2, -0.15) is 5.10 Å². The summed E-state index contributed by atoms with van der Waals surface area (Å²) < 4.78 is 8.38. The van der Waals surface area contributed by atoms with Crippen LogP contribution in [0.2, 0.25) is 10.0 Å².